The summed E-state index contributed by atoms with van der Waals surface area (Å²) >= 11 is 0. The van der Waals surface area contributed by atoms with E-state index in [0.717, 1.165) is 13.0 Å². The second-order valence-electron chi connectivity index (χ2n) is 1.40. The molecule has 44 valence electrons. The van der Waals surface area contributed by atoms with Crippen molar-refractivity contribution in [2.24, 2.45) is 4.99 Å². The fourth-order valence-corrected chi connectivity index (χ4v) is 0.275. The van der Waals surface area contributed by atoms with Crippen molar-refractivity contribution in [3.63, 3.8) is 0 Å². The Morgan fingerprint density at radius 1 is 1.75 bits per heavy atom. The maximum absolute atomic E-state index is 3.88. The van der Waals surface area contributed by atoms with Crippen LogP contribution in [0, 0.1) is 6.07 Å². The van der Waals surface area contributed by atoms with Crippen LogP contribution in [0.3, 0.4) is 0 Å². The van der Waals surface area contributed by atoms with Gasteiger partial charge in [0, 0.05) is 13.5 Å². The molecule has 0 aromatic rings. The second-order valence-corrected chi connectivity index (χ2v) is 1.40. The summed E-state index contributed by atoms with van der Waals surface area (Å²) in [5.74, 6) is 0. The first-order valence-electron chi connectivity index (χ1n) is 2.74. The minimum atomic E-state index is 0.853. The lowest BCUT2D eigenvalue weighted by Crippen LogP contribution is -1.68. The lowest BCUT2D eigenvalue weighted by atomic mass is 10.5. The molecular formula is C6H11N2+. The molecule has 0 amide bonds. The number of aliphatic imine (C=N–C) groups is 1. The van der Waals surface area contributed by atoms with Gasteiger partial charge in [0.1, 0.15) is 6.21 Å². The Balaban J connectivity index is 3.21. The van der Waals surface area contributed by atoms with Gasteiger partial charge in [-0.2, -0.15) is 0 Å². The van der Waals surface area contributed by atoms with Gasteiger partial charge in [-0.25, -0.2) is 0 Å². The molecule has 0 aliphatic heterocycles. The molecular weight excluding hydrogens is 100 g/mol. The Hall–Kier alpha value is -0.840. The molecule has 0 saturated carbocycles. The Bertz CT molecular complexity index is 116. The van der Waals surface area contributed by atoms with E-state index >= 15 is 0 Å². The van der Waals surface area contributed by atoms with E-state index in [4.69, 9.17) is 0 Å². The molecule has 0 aromatic carbocycles. The zero-order valence-corrected chi connectivity index (χ0v) is 5.39. The number of hydrogen-bond donors (Lipinski definition) is 0. The molecule has 2 heteroatoms. The average Bonchev–Trinajstić information content (AvgIpc) is 1.81. The van der Waals surface area contributed by atoms with Crippen LogP contribution in [0.5, 0.6) is 0 Å². The molecule has 0 radical (unpaired) electrons. The highest BCUT2D eigenvalue weighted by Gasteiger charge is 1.80. The molecule has 0 bridgehead atoms. The van der Waals surface area contributed by atoms with Gasteiger partial charge < -0.3 is 0 Å². The Morgan fingerprint density at radius 3 is 3.00 bits per heavy atom. The summed E-state index contributed by atoms with van der Waals surface area (Å²) in [5.41, 5.74) is 0. The monoisotopic (exact) mass is 111 g/mol. The molecule has 8 heavy (non-hydrogen) atoms. The maximum atomic E-state index is 3.88. The van der Waals surface area contributed by atoms with Crippen LogP contribution in [0.1, 0.15) is 13.3 Å². The molecule has 0 atom stereocenters. The highest BCUT2D eigenvalue weighted by atomic mass is 14.7. The van der Waals surface area contributed by atoms with Gasteiger partial charge in [0.05, 0.1) is 0 Å². The summed E-state index contributed by atoms with van der Waals surface area (Å²) in [4.78, 5) is 7.56. The van der Waals surface area contributed by atoms with E-state index < -0.39 is 0 Å². The van der Waals surface area contributed by atoms with Crippen molar-refractivity contribution in [3.8, 4) is 6.07 Å². The van der Waals surface area contributed by atoms with E-state index in [0.29, 0.717) is 0 Å². The van der Waals surface area contributed by atoms with Gasteiger partial charge in [-0.15, -0.1) is 0 Å². The van der Waals surface area contributed by atoms with Gasteiger partial charge in [-0.3, -0.25) is 4.99 Å². The molecule has 0 fully saturated rings. The Kier molecular flexibility index (Phi) is 5.51. The molecule has 2 nitrogen and oxygen atoms in total. The number of nitrogens with zero attached hydrogens (tertiary/aromatic N) is 2. The van der Waals surface area contributed by atoms with Crippen molar-refractivity contribution in [3.05, 3.63) is 4.85 Å². The van der Waals surface area contributed by atoms with Gasteiger partial charge >= 0.3 is 6.07 Å². The van der Waals surface area contributed by atoms with E-state index in [9.17, 15) is 0 Å². The predicted octanol–water partition coefficient (Wildman–Crippen LogP) is 1.43. The molecule has 0 saturated heterocycles. The van der Waals surface area contributed by atoms with Crippen LogP contribution < -0.4 is 0 Å². The smallest absolute Gasteiger partial charge is 0.281 e. The predicted molar refractivity (Wildman–Crippen MR) is 36.8 cm³/mol. The summed E-state index contributed by atoms with van der Waals surface area (Å²) < 4.78 is 0. The quantitative estimate of drug-likeness (QED) is 0.455. The lowest BCUT2D eigenvalue weighted by Gasteiger charge is -1.60. The van der Waals surface area contributed by atoms with Crippen molar-refractivity contribution < 1.29 is 0 Å². The summed E-state index contributed by atoms with van der Waals surface area (Å²) in [5, 5.41) is 0. The third-order valence-corrected chi connectivity index (χ3v) is 0.614. The van der Waals surface area contributed by atoms with Crippen molar-refractivity contribution >= 4 is 6.21 Å². The summed E-state index contributed by atoms with van der Waals surface area (Å²) in [7, 11) is 1.70. The van der Waals surface area contributed by atoms with Crippen LogP contribution in [0.15, 0.2) is 4.99 Å². The minimum absolute atomic E-state index is 0.853. The van der Waals surface area contributed by atoms with Crippen molar-refractivity contribution in [1.29, 1.82) is 0 Å². The third kappa shape index (κ3) is 5.16. The lowest BCUT2D eigenvalue weighted by molar-refractivity contribution is 1.03. The molecule has 0 heterocycles. The van der Waals surface area contributed by atoms with E-state index in [1.54, 1.807) is 13.3 Å². The standard InChI is InChI=1S/C6H11N2/c1-3-4-8-6-5-7-2/h5H,3-4H2,1-2H3/q+1. The maximum Gasteiger partial charge on any atom is 0.322 e. The zero-order valence-electron chi connectivity index (χ0n) is 5.39. The Morgan fingerprint density at radius 2 is 2.50 bits per heavy atom. The van der Waals surface area contributed by atoms with Gasteiger partial charge in [0.15, 0.2) is 0 Å². The van der Waals surface area contributed by atoms with Crippen LogP contribution in [-0.4, -0.2) is 19.8 Å². The number of rotatable bonds is 1. The molecule has 0 aromatic heterocycles. The van der Waals surface area contributed by atoms with Crippen molar-refractivity contribution in [1.82, 2.24) is 0 Å². The van der Waals surface area contributed by atoms with Gasteiger partial charge in [0.2, 0.25) is 0 Å². The fourth-order valence-electron chi connectivity index (χ4n) is 0.275. The first kappa shape index (κ1) is 7.16. The Labute approximate surface area is 50.1 Å². The molecule has 0 spiro atoms. The van der Waals surface area contributed by atoms with Gasteiger partial charge in [-0.05, 0) is 0 Å². The van der Waals surface area contributed by atoms with Crippen LogP contribution in [0.2, 0.25) is 0 Å². The van der Waals surface area contributed by atoms with E-state index in [1.807, 2.05) is 0 Å². The van der Waals surface area contributed by atoms with Crippen LogP contribution in [0.25, 0.3) is 4.85 Å². The molecule has 0 rings (SSSR count). The van der Waals surface area contributed by atoms with E-state index in [-0.39, 0.29) is 0 Å². The average molecular weight is 111 g/mol. The summed E-state index contributed by atoms with van der Waals surface area (Å²) in [6, 6.07) is 2.67. The zero-order chi connectivity index (χ0) is 6.24. The summed E-state index contributed by atoms with van der Waals surface area (Å²) in [6.45, 7) is 2.93. The van der Waals surface area contributed by atoms with Crippen LogP contribution in [0.4, 0.5) is 0 Å². The van der Waals surface area contributed by atoms with E-state index in [1.165, 1.54) is 0 Å². The fraction of sp³-hybridized carbons (Fsp3) is 0.667. The second kappa shape index (κ2) is 6.16. The third-order valence-electron chi connectivity index (χ3n) is 0.614. The molecule has 0 aliphatic rings. The molecule has 0 aliphatic carbocycles. The molecule has 0 unspecified atom stereocenters. The van der Waals surface area contributed by atoms with Crippen molar-refractivity contribution in [2.45, 2.75) is 13.3 Å². The molecule has 0 N–H and O–H groups in total. The summed E-state index contributed by atoms with van der Waals surface area (Å²) in [6.07, 6.45) is 2.64. The first-order chi connectivity index (χ1) is 3.91. The topological polar surface area (TPSA) is 16.7 Å². The van der Waals surface area contributed by atoms with Crippen LogP contribution >= 0.6 is 0 Å². The van der Waals surface area contributed by atoms with Gasteiger partial charge in [0.25, 0.3) is 6.54 Å². The highest BCUT2D eigenvalue weighted by molar-refractivity contribution is 5.76. The highest BCUT2D eigenvalue weighted by Crippen LogP contribution is 1.73. The number of hydrogen-bond acceptors (Lipinski definition) is 1. The van der Waals surface area contributed by atoms with Crippen LogP contribution in [-0.2, 0) is 0 Å². The largest absolute Gasteiger partial charge is 0.322 e. The van der Waals surface area contributed by atoms with Crippen molar-refractivity contribution in [2.75, 3.05) is 13.6 Å². The first-order valence-corrected chi connectivity index (χ1v) is 2.74. The SMILES string of the molecule is CCC[N+]#CC=NC. The minimum Gasteiger partial charge on any atom is -0.281 e. The van der Waals surface area contributed by atoms with Gasteiger partial charge in [-0.1, -0.05) is 11.8 Å². The normalized spacial score (nSPS) is 8.75. The van der Waals surface area contributed by atoms with E-state index in [2.05, 4.69) is 22.8 Å².